The molecule has 1 heterocycles. The van der Waals surface area contributed by atoms with Crippen LogP contribution in [0.25, 0.3) is 11.3 Å². The van der Waals surface area contributed by atoms with Crippen LogP contribution in [-0.4, -0.2) is 22.0 Å². The topological polar surface area (TPSA) is 139 Å². The second-order valence-corrected chi connectivity index (χ2v) is 7.35. The molecule has 0 spiro atoms. The fraction of sp³-hybridized carbons (Fsp3) is 0.0417. The van der Waals surface area contributed by atoms with E-state index in [4.69, 9.17) is 11.5 Å². The molecule has 0 aliphatic carbocycles. The van der Waals surface area contributed by atoms with E-state index in [-0.39, 0.29) is 24.0 Å². The number of nitrogens with two attached hydrogens (primary N) is 2. The van der Waals surface area contributed by atoms with E-state index in [1.165, 1.54) is 12.1 Å². The van der Waals surface area contributed by atoms with Gasteiger partial charge in [-0.1, -0.05) is 24.3 Å². The van der Waals surface area contributed by atoms with Gasteiger partial charge in [-0.3, -0.25) is 14.7 Å². The fourth-order valence-corrected chi connectivity index (χ4v) is 3.13. The minimum Gasteiger partial charge on any atom is -0.399 e. The average Bonchev–Trinajstić information content (AvgIpc) is 3.30. The molecule has 166 valence electrons. The number of benzene rings is 3. The molecule has 0 aliphatic rings. The van der Waals surface area contributed by atoms with Crippen LogP contribution in [0.3, 0.4) is 0 Å². The van der Waals surface area contributed by atoms with Crippen molar-refractivity contribution in [1.29, 1.82) is 0 Å². The van der Waals surface area contributed by atoms with Crippen LogP contribution >= 0.6 is 0 Å². The van der Waals surface area contributed by atoms with Crippen molar-refractivity contribution in [2.24, 2.45) is 0 Å². The Morgan fingerprint density at radius 1 is 0.909 bits per heavy atom. The van der Waals surface area contributed by atoms with Gasteiger partial charge in [-0.05, 0) is 54.1 Å². The lowest BCUT2D eigenvalue weighted by atomic mass is 10.1. The average molecular weight is 444 g/mol. The summed E-state index contributed by atoms with van der Waals surface area (Å²) in [6, 6.07) is 19.3. The number of anilines is 3. The van der Waals surface area contributed by atoms with E-state index in [0.717, 1.165) is 17.2 Å². The van der Waals surface area contributed by atoms with Crippen LogP contribution in [-0.2, 0) is 6.54 Å². The first-order chi connectivity index (χ1) is 15.9. The maximum Gasteiger partial charge on any atom is 0.269 e. The Hall–Kier alpha value is -4.66. The van der Waals surface area contributed by atoms with Crippen LogP contribution in [0.15, 0.2) is 72.8 Å². The monoisotopic (exact) mass is 444 g/mol. The van der Waals surface area contributed by atoms with Crippen LogP contribution in [0.2, 0.25) is 0 Å². The number of hydrogen-bond donors (Lipinski definition) is 5. The van der Waals surface area contributed by atoms with Crippen molar-refractivity contribution in [3.63, 3.8) is 0 Å². The molecule has 8 nitrogen and oxygen atoms in total. The standard InChI is InChI=1S/C24H21FN6O2/c25-17-7-10-20(19(27)11-17)29-23(32)16-3-1-14(2-4-16)13-28-24(33)22-12-21(30-31-22)15-5-8-18(26)9-6-15/h1-12H,13,26-27H2,(H,28,33)(H,29,32)(H,30,31). The lowest BCUT2D eigenvalue weighted by Crippen LogP contribution is -2.23. The Labute approximate surface area is 188 Å². The first-order valence-electron chi connectivity index (χ1n) is 10.0. The van der Waals surface area contributed by atoms with Gasteiger partial charge in [0.25, 0.3) is 11.8 Å². The van der Waals surface area contributed by atoms with Crippen molar-refractivity contribution in [2.45, 2.75) is 6.54 Å². The van der Waals surface area contributed by atoms with Crippen molar-refractivity contribution in [3.8, 4) is 11.3 Å². The molecule has 4 aromatic rings. The third-order valence-electron chi connectivity index (χ3n) is 4.96. The van der Waals surface area contributed by atoms with E-state index in [9.17, 15) is 14.0 Å². The number of carbonyl (C=O) groups excluding carboxylic acids is 2. The van der Waals surface area contributed by atoms with Gasteiger partial charge in [0.2, 0.25) is 0 Å². The predicted octanol–water partition coefficient (Wildman–Crippen LogP) is 3.56. The van der Waals surface area contributed by atoms with E-state index in [2.05, 4.69) is 20.8 Å². The second kappa shape index (κ2) is 9.23. The number of carbonyl (C=O) groups is 2. The molecule has 0 unspecified atom stereocenters. The summed E-state index contributed by atoms with van der Waals surface area (Å²) in [5.74, 6) is -1.16. The molecule has 9 heteroatoms. The van der Waals surface area contributed by atoms with E-state index in [1.807, 2.05) is 12.1 Å². The molecule has 0 aliphatic heterocycles. The van der Waals surface area contributed by atoms with E-state index in [1.54, 1.807) is 42.5 Å². The Bertz CT molecular complexity index is 1300. The van der Waals surface area contributed by atoms with Gasteiger partial charge >= 0.3 is 0 Å². The third-order valence-corrected chi connectivity index (χ3v) is 4.96. The Balaban J connectivity index is 1.34. The number of aromatic amines is 1. The Kier molecular flexibility index (Phi) is 6.03. The predicted molar refractivity (Wildman–Crippen MR) is 125 cm³/mol. The first kappa shape index (κ1) is 21.6. The lowest BCUT2D eigenvalue weighted by Gasteiger charge is -2.09. The molecule has 0 fully saturated rings. The molecule has 0 atom stereocenters. The second-order valence-electron chi connectivity index (χ2n) is 7.35. The quantitative estimate of drug-likeness (QED) is 0.289. The molecule has 4 rings (SSSR count). The van der Waals surface area contributed by atoms with Crippen LogP contribution < -0.4 is 22.1 Å². The normalized spacial score (nSPS) is 10.6. The molecule has 0 saturated heterocycles. The van der Waals surface area contributed by atoms with Gasteiger partial charge in [-0.2, -0.15) is 5.10 Å². The summed E-state index contributed by atoms with van der Waals surface area (Å²) in [6.07, 6.45) is 0. The van der Waals surface area contributed by atoms with E-state index >= 15 is 0 Å². The number of amides is 2. The fourth-order valence-electron chi connectivity index (χ4n) is 3.13. The maximum atomic E-state index is 13.2. The first-order valence-corrected chi connectivity index (χ1v) is 10.0. The summed E-state index contributed by atoms with van der Waals surface area (Å²) in [4.78, 5) is 24.8. The van der Waals surface area contributed by atoms with Crippen LogP contribution in [0.1, 0.15) is 26.4 Å². The van der Waals surface area contributed by atoms with Gasteiger partial charge in [-0.25, -0.2) is 4.39 Å². The summed E-state index contributed by atoms with van der Waals surface area (Å²) in [6.45, 7) is 0.266. The van der Waals surface area contributed by atoms with Gasteiger partial charge in [0.05, 0.1) is 17.1 Å². The Morgan fingerprint density at radius 3 is 2.33 bits per heavy atom. The SMILES string of the molecule is Nc1ccc(-c2cc(C(=O)NCc3ccc(C(=O)Nc4ccc(F)cc4N)cc3)[nH]n2)cc1. The number of H-pyrrole nitrogens is 1. The Morgan fingerprint density at radius 2 is 1.64 bits per heavy atom. The number of rotatable bonds is 6. The van der Waals surface area contributed by atoms with Crippen molar-refractivity contribution >= 4 is 28.9 Å². The van der Waals surface area contributed by atoms with Gasteiger partial charge in [0.1, 0.15) is 11.5 Å². The van der Waals surface area contributed by atoms with E-state index < -0.39 is 5.82 Å². The third kappa shape index (κ3) is 5.16. The zero-order chi connectivity index (χ0) is 23.4. The number of nitrogens with one attached hydrogen (secondary N) is 3. The molecule has 3 aromatic carbocycles. The maximum absolute atomic E-state index is 13.2. The zero-order valence-corrected chi connectivity index (χ0v) is 17.4. The van der Waals surface area contributed by atoms with Crippen molar-refractivity contribution in [2.75, 3.05) is 16.8 Å². The number of aromatic nitrogens is 2. The highest BCUT2D eigenvalue weighted by atomic mass is 19.1. The lowest BCUT2D eigenvalue weighted by molar-refractivity contribution is 0.0945. The number of halogens is 1. The highest BCUT2D eigenvalue weighted by Crippen LogP contribution is 2.21. The summed E-state index contributed by atoms with van der Waals surface area (Å²) in [5.41, 5.74) is 15.5. The number of nitrogen functional groups attached to an aromatic ring is 2. The van der Waals surface area contributed by atoms with Crippen molar-refractivity contribution in [1.82, 2.24) is 15.5 Å². The molecule has 33 heavy (non-hydrogen) atoms. The zero-order valence-electron chi connectivity index (χ0n) is 17.4. The molecular weight excluding hydrogens is 423 g/mol. The molecule has 2 amide bonds. The van der Waals surface area contributed by atoms with Crippen LogP contribution in [0, 0.1) is 5.82 Å². The largest absolute Gasteiger partial charge is 0.399 e. The summed E-state index contributed by atoms with van der Waals surface area (Å²) < 4.78 is 13.2. The van der Waals surface area contributed by atoms with Crippen molar-refractivity contribution < 1.29 is 14.0 Å². The van der Waals surface area contributed by atoms with Gasteiger partial charge in [-0.15, -0.1) is 0 Å². The minimum absolute atomic E-state index is 0.140. The molecule has 0 saturated carbocycles. The minimum atomic E-state index is -0.478. The molecule has 0 bridgehead atoms. The summed E-state index contributed by atoms with van der Waals surface area (Å²) in [5, 5.41) is 12.4. The van der Waals surface area contributed by atoms with Crippen LogP contribution in [0.4, 0.5) is 21.5 Å². The number of hydrogen-bond acceptors (Lipinski definition) is 5. The van der Waals surface area contributed by atoms with Gasteiger partial charge in [0, 0.05) is 23.4 Å². The highest BCUT2D eigenvalue weighted by Gasteiger charge is 2.12. The van der Waals surface area contributed by atoms with Gasteiger partial charge in [0.15, 0.2) is 0 Å². The van der Waals surface area contributed by atoms with Gasteiger partial charge < -0.3 is 22.1 Å². The number of nitrogens with zero attached hydrogens (tertiary/aromatic N) is 1. The summed E-state index contributed by atoms with van der Waals surface area (Å²) in [7, 11) is 0. The summed E-state index contributed by atoms with van der Waals surface area (Å²) >= 11 is 0. The van der Waals surface area contributed by atoms with Crippen LogP contribution in [0.5, 0.6) is 0 Å². The molecule has 0 radical (unpaired) electrons. The smallest absolute Gasteiger partial charge is 0.269 e. The molecular formula is C24H21FN6O2. The van der Waals surface area contributed by atoms with E-state index in [0.29, 0.717) is 28.3 Å². The van der Waals surface area contributed by atoms with Crippen molar-refractivity contribution in [3.05, 3.63) is 95.4 Å². The molecule has 7 N–H and O–H groups in total. The highest BCUT2D eigenvalue weighted by molar-refractivity contribution is 6.05. The molecule has 1 aromatic heterocycles.